The molecule has 1 aromatic carbocycles. The summed E-state index contributed by atoms with van der Waals surface area (Å²) in [6.45, 7) is 0.965. The Hall–Kier alpha value is -1.58. The molecule has 0 aliphatic carbocycles. The average Bonchev–Trinajstić information content (AvgIpc) is 2.41. The summed E-state index contributed by atoms with van der Waals surface area (Å²) >= 11 is 5.94. The quantitative estimate of drug-likeness (QED) is 0.774. The summed E-state index contributed by atoms with van der Waals surface area (Å²) in [5, 5.41) is 0.489. The van der Waals surface area contributed by atoms with Crippen LogP contribution in [0.15, 0.2) is 42.6 Å². The fourth-order valence-electron chi connectivity index (χ4n) is 1.57. The van der Waals surface area contributed by atoms with E-state index in [1.165, 1.54) is 0 Å². The van der Waals surface area contributed by atoms with Crippen molar-refractivity contribution in [3.8, 4) is 5.75 Å². The van der Waals surface area contributed by atoms with E-state index in [0.29, 0.717) is 18.4 Å². The van der Waals surface area contributed by atoms with Crippen molar-refractivity contribution in [1.29, 1.82) is 0 Å². The Balaban J connectivity index is 1.90. The van der Waals surface area contributed by atoms with Crippen LogP contribution in [0.2, 0.25) is 5.15 Å². The molecule has 0 fully saturated rings. The van der Waals surface area contributed by atoms with Crippen molar-refractivity contribution >= 4 is 11.6 Å². The zero-order chi connectivity index (χ0) is 12.8. The van der Waals surface area contributed by atoms with Gasteiger partial charge in [-0.15, -0.1) is 0 Å². The highest BCUT2D eigenvalue weighted by Crippen LogP contribution is 2.16. The first-order valence-corrected chi connectivity index (χ1v) is 5.97. The Morgan fingerprint density at radius 1 is 1.17 bits per heavy atom. The molecule has 0 atom stereocenters. The molecule has 0 saturated carbocycles. The third-order valence-electron chi connectivity index (χ3n) is 2.50. The number of rotatable bonds is 5. The van der Waals surface area contributed by atoms with Crippen LogP contribution in [0.4, 0.5) is 0 Å². The summed E-state index contributed by atoms with van der Waals surface area (Å²) < 4.78 is 10.8. The number of hydrogen-bond donors (Lipinski definition) is 0. The van der Waals surface area contributed by atoms with E-state index in [-0.39, 0.29) is 0 Å². The minimum Gasteiger partial charge on any atom is -0.497 e. The molecule has 1 heterocycles. The van der Waals surface area contributed by atoms with Crippen molar-refractivity contribution in [2.75, 3.05) is 7.11 Å². The largest absolute Gasteiger partial charge is 0.497 e. The van der Waals surface area contributed by atoms with E-state index in [0.717, 1.165) is 16.9 Å². The van der Waals surface area contributed by atoms with Gasteiger partial charge in [0.15, 0.2) is 0 Å². The average molecular weight is 264 g/mol. The second kappa shape index (κ2) is 6.38. The van der Waals surface area contributed by atoms with E-state index in [1.54, 1.807) is 13.3 Å². The molecule has 94 valence electrons. The normalized spacial score (nSPS) is 10.3. The van der Waals surface area contributed by atoms with Crippen molar-refractivity contribution < 1.29 is 9.47 Å². The monoisotopic (exact) mass is 263 g/mol. The van der Waals surface area contributed by atoms with Crippen LogP contribution in [0.3, 0.4) is 0 Å². The summed E-state index contributed by atoms with van der Waals surface area (Å²) in [6, 6.07) is 11.5. The highest BCUT2D eigenvalue weighted by Gasteiger charge is 2.01. The number of methoxy groups -OCH3 is 1. The molecule has 0 radical (unpaired) electrons. The predicted octanol–water partition coefficient (Wildman–Crippen LogP) is 3.46. The fraction of sp³-hybridized carbons (Fsp3) is 0.214. The minimum atomic E-state index is 0.448. The first kappa shape index (κ1) is 12.9. The minimum absolute atomic E-state index is 0.448. The smallest absolute Gasteiger partial charge is 0.134 e. The number of nitrogens with zero attached hydrogens (tertiary/aromatic N) is 1. The molecular formula is C14H14ClNO2. The molecule has 0 aliphatic heterocycles. The standard InChI is InChI=1S/C14H14ClNO2/c1-17-13-6-2-4-11(8-13)9-18-10-12-5-3-7-16-14(12)15/h2-8H,9-10H2,1H3. The maximum Gasteiger partial charge on any atom is 0.134 e. The molecule has 2 rings (SSSR count). The Labute approximate surface area is 111 Å². The van der Waals surface area contributed by atoms with Gasteiger partial charge in [-0.2, -0.15) is 0 Å². The van der Waals surface area contributed by atoms with Gasteiger partial charge in [0, 0.05) is 11.8 Å². The zero-order valence-corrected chi connectivity index (χ0v) is 10.9. The first-order valence-electron chi connectivity index (χ1n) is 5.59. The van der Waals surface area contributed by atoms with Gasteiger partial charge < -0.3 is 9.47 Å². The van der Waals surface area contributed by atoms with Crippen LogP contribution in [-0.2, 0) is 18.0 Å². The number of aromatic nitrogens is 1. The zero-order valence-electron chi connectivity index (χ0n) is 10.1. The van der Waals surface area contributed by atoms with Crippen LogP contribution in [0.5, 0.6) is 5.75 Å². The maximum atomic E-state index is 5.94. The van der Waals surface area contributed by atoms with Gasteiger partial charge >= 0.3 is 0 Å². The summed E-state index contributed by atoms with van der Waals surface area (Å²) in [5.41, 5.74) is 1.96. The van der Waals surface area contributed by atoms with Gasteiger partial charge in [0.25, 0.3) is 0 Å². The van der Waals surface area contributed by atoms with E-state index in [2.05, 4.69) is 4.98 Å². The van der Waals surface area contributed by atoms with Gasteiger partial charge in [0.2, 0.25) is 0 Å². The molecule has 0 spiro atoms. The van der Waals surface area contributed by atoms with Crippen LogP contribution in [0, 0.1) is 0 Å². The molecular weight excluding hydrogens is 250 g/mol. The molecule has 0 saturated heterocycles. The van der Waals surface area contributed by atoms with Crippen molar-refractivity contribution in [1.82, 2.24) is 4.98 Å². The molecule has 0 unspecified atom stereocenters. The van der Waals surface area contributed by atoms with E-state index in [4.69, 9.17) is 21.1 Å². The lowest BCUT2D eigenvalue weighted by atomic mass is 10.2. The molecule has 0 bridgehead atoms. The Bertz CT molecular complexity index is 517. The molecule has 2 aromatic rings. The topological polar surface area (TPSA) is 31.4 Å². The number of benzene rings is 1. The fourth-order valence-corrected chi connectivity index (χ4v) is 1.74. The summed E-state index contributed by atoms with van der Waals surface area (Å²) in [5.74, 6) is 0.829. The number of ether oxygens (including phenoxy) is 2. The van der Waals surface area contributed by atoms with Gasteiger partial charge in [-0.1, -0.05) is 29.8 Å². The number of halogens is 1. The van der Waals surface area contributed by atoms with Crippen molar-refractivity contribution in [3.63, 3.8) is 0 Å². The molecule has 18 heavy (non-hydrogen) atoms. The molecule has 0 N–H and O–H groups in total. The van der Waals surface area contributed by atoms with E-state index >= 15 is 0 Å². The van der Waals surface area contributed by atoms with Crippen molar-refractivity contribution in [2.24, 2.45) is 0 Å². The van der Waals surface area contributed by atoms with Crippen molar-refractivity contribution in [2.45, 2.75) is 13.2 Å². The lowest BCUT2D eigenvalue weighted by molar-refractivity contribution is 0.107. The van der Waals surface area contributed by atoms with Gasteiger partial charge in [0.1, 0.15) is 10.9 Å². The van der Waals surface area contributed by atoms with Gasteiger partial charge in [-0.05, 0) is 23.8 Å². The Morgan fingerprint density at radius 2 is 2.06 bits per heavy atom. The molecule has 4 heteroatoms. The molecule has 1 aromatic heterocycles. The lowest BCUT2D eigenvalue weighted by Crippen LogP contribution is -1.96. The summed E-state index contributed by atoms with van der Waals surface area (Å²) in [4.78, 5) is 4.00. The van der Waals surface area contributed by atoms with Gasteiger partial charge in [0.05, 0.1) is 20.3 Å². The second-order valence-corrected chi connectivity index (χ2v) is 4.16. The van der Waals surface area contributed by atoms with Crippen LogP contribution in [0.1, 0.15) is 11.1 Å². The van der Waals surface area contributed by atoms with Gasteiger partial charge in [-0.3, -0.25) is 0 Å². The van der Waals surface area contributed by atoms with E-state index < -0.39 is 0 Å². The number of pyridine rings is 1. The second-order valence-electron chi connectivity index (χ2n) is 3.80. The van der Waals surface area contributed by atoms with Crippen LogP contribution >= 0.6 is 11.6 Å². The third kappa shape index (κ3) is 3.45. The SMILES string of the molecule is COc1cccc(COCc2cccnc2Cl)c1. The molecule has 0 aliphatic rings. The van der Waals surface area contributed by atoms with Gasteiger partial charge in [-0.25, -0.2) is 4.98 Å². The highest BCUT2D eigenvalue weighted by atomic mass is 35.5. The predicted molar refractivity (Wildman–Crippen MR) is 70.7 cm³/mol. The summed E-state index contributed by atoms with van der Waals surface area (Å²) in [7, 11) is 1.65. The summed E-state index contributed by atoms with van der Waals surface area (Å²) in [6.07, 6.45) is 1.66. The molecule has 0 amide bonds. The van der Waals surface area contributed by atoms with Crippen molar-refractivity contribution in [3.05, 3.63) is 58.9 Å². The van der Waals surface area contributed by atoms with Crippen LogP contribution in [0.25, 0.3) is 0 Å². The Kier molecular flexibility index (Phi) is 4.56. The van der Waals surface area contributed by atoms with Crippen LogP contribution in [-0.4, -0.2) is 12.1 Å². The maximum absolute atomic E-state index is 5.94. The number of hydrogen-bond acceptors (Lipinski definition) is 3. The van der Waals surface area contributed by atoms with Crippen LogP contribution < -0.4 is 4.74 Å². The third-order valence-corrected chi connectivity index (χ3v) is 2.84. The van der Waals surface area contributed by atoms with E-state index in [9.17, 15) is 0 Å². The highest BCUT2D eigenvalue weighted by molar-refractivity contribution is 6.30. The van der Waals surface area contributed by atoms with E-state index in [1.807, 2.05) is 36.4 Å². The Morgan fingerprint density at radius 3 is 2.83 bits per heavy atom. The first-order chi connectivity index (χ1) is 8.79. The molecule has 3 nitrogen and oxygen atoms in total. The lowest BCUT2D eigenvalue weighted by Gasteiger charge is -2.07.